The third kappa shape index (κ3) is 1.58. The fourth-order valence-corrected chi connectivity index (χ4v) is 4.48. The number of aliphatic carboxylic acids is 1. The molecule has 4 heterocycles. The van der Waals surface area contributed by atoms with Gasteiger partial charge in [-0.1, -0.05) is 11.8 Å². The third-order valence-electron chi connectivity index (χ3n) is 3.37. The fourth-order valence-electron chi connectivity index (χ4n) is 2.42. The molecule has 0 unspecified atom stereocenters. The Balaban J connectivity index is 1.61. The Bertz CT molecular complexity index is 685. The number of amides is 1. The molecule has 0 radical (unpaired) electrons. The molecule has 0 aliphatic carbocycles. The molecule has 20 heavy (non-hydrogen) atoms. The summed E-state index contributed by atoms with van der Waals surface area (Å²) in [4.78, 5) is 28.6. The van der Waals surface area contributed by atoms with Gasteiger partial charge < -0.3 is 14.5 Å². The van der Waals surface area contributed by atoms with Crippen molar-refractivity contribution in [3.8, 4) is 0 Å². The minimum Gasteiger partial charge on any atom is -0.543 e. The highest BCUT2D eigenvalue weighted by Gasteiger charge is 2.47. The Morgan fingerprint density at radius 2 is 2.40 bits per heavy atom. The maximum Gasteiger partial charge on any atom is 0.258 e. The Kier molecular flexibility index (Phi) is 2.52. The number of carboxylic acids is 1. The van der Waals surface area contributed by atoms with Gasteiger partial charge in [0.05, 0.1) is 22.9 Å². The van der Waals surface area contributed by atoms with E-state index in [0.29, 0.717) is 5.57 Å². The fraction of sp³-hybridized carbons (Fsp3) is 0.250. The SMILES string of the molecule is O=C([O-])C1=CS[C@@H]2/C(=C\c3cn4c(n3)SCC4)C(=O)N12. The summed E-state index contributed by atoms with van der Waals surface area (Å²) in [7, 11) is 0. The van der Waals surface area contributed by atoms with Gasteiger partial charge >= 0.3 is 0 Å². The smallest absolute Gasteiger partial charge is 0.258 e. The van der Waals surface area contributed by atoms with Crippen molar-refractivity contribution in [1.29, 1.82) is 0 Å². The number of fused-ring (bicyclic) bond motifs is 2. The van der Waals surface area contributed by atoms with Gasteiger partial charge in [-0.05, 0) is 11.5 Å². The zero-order valence-corrected chi connectivity index (χ0v) is 11.7. The second-order valence-corrected chi connectivity index (χ2v) is 6.56. The molecule has 1 fully saturated rings. The highest BCUT2D eigenvalue weighted by atomic mass is 32.2. The minimum absolute atomic E-state index is 0.0509. The van der Waals surface area contributed by atoms with Crippen LogP contribution in [0.3, 0.4) is 0 Å². The van der Waals surface area contributed by atoms with E-state index in [4.69, 9.17) is 0 Å². The van der Waals surface area contributed by atoms with Gasteiger partial charge in [-0.3, -0.25) is 9.69 Å². The first kappa shape index (κ1) is 12.1. The number of thioether (sulfide) groups is 2. The molecule has 1 aromatic rings. The third-order valence-corrected chi connectivity index (χ3v) is 5.42. The molecule has 102 valence electrons. The number of rotatable bonds is 2. The molecule has 0 N–H and O–H groups in total. The van der Waals surface area contributed by atoms with Gasteiger partial charge in [0, 0.05) is 18.5 Å². The van der Waals surface area contributed by atoms with Crippen LogP contribution in [0.25, 0.3) is 6.08 Å². The normalized spacial score (nSPS) is 25.5. The molecule has 1 aromatic heterocycles. The molecular formula is C12H8N3O3S2-. The van der Waals surface area contributed by atoms with Crippen molar-refractivity contribution >= 4 is 41.5 Å². The summed E-state index contributed by atoms with van der Waals surface area (Å²) in [6, 6.07) is 0. The van der Waals surface area contributed by atoms with Gasteiger partial charge in [-0.25, -0.2) is 4.98 Å². The van der Waals surface area contributed by atoms with E-state index in [9.17, 15) is 14.7 Å². The van der Waals surface area contributed by atoms with Crippen LogP contribution in [-0.4, -0.2) is 37.5 Å². The number of nitrogens with zero attached hydrogens (tertiary/aromatic N) is 3. The number of hydrogen-bond donors (Lipinski definition) is 0. The van der Waals surface area contributed by atoms with E-state index < -0.39 is 5.97 Å². The summed E-state index contributed by atoms with van der Waals surface area (Å²) in [5.74, 6) is -0.565. The highest BCUT2D eigenvalue weighted by molar-refractivity contribution is 8.03. The van der Waals surface area contributed by atoms with E-state index in [1.54, 1.807) is 17.8 Å². The van der Waals surface area contributed by atoms with Crippen LogP contribution in [0.2, 0.25) is 0 Å². The van der Waals surface area contributed by atoms with Crippen molar-refractivity contribution in [1.82, 2.24) is 14.5 Å². The molecule has 0 saturated carbocycles. The lowest BCUT2D eigenvalue weighted by atomic mass is 10.0. The molecule has 4 rings (SSSR count). The number of hydrogen-bond acceptors (Lipinski definition) is 6. The van der Waals surface area contributed by atoms with Crippen LogP contribution in [0, 0.1) is 0 Å². The van der Waals surface area contributed by atoms with Crippen LogP contribution in [0.15, 0.2) is 28.0 Å². The van der Waals surface area contributed by atoms with Crippen molar-refractivity contribution < 1.29 is 14.7 Å². The molecule has 3 aliphatic heterocycles. The molecule has 8 heteroatoms. The summed E-state index contributed by atoms with van der Waals surface area (Å²) < 4.78 is 2.06. The predicted molar refractivity (Wildman–Crippen MR) is 72.2 cm³/mol. The van der Waals surface area contributed by atoms with Crippen molar-refractivity contribution in [2.45, 2.75) is 17.1 Å². The second-order valence-electron chi connectivity index (χ2n) is 4.54. The quantitative estimate of drug-likeness (QED) is 0.560. The molecule has 1 atom stereocenters. The maximum absolute atomic E-state index is 12.0. The van der Waals surface area contributed by atoms with E-state index in [0.717, 1.165) is 23.1 Å². The molecule has 0 spiro atoms. The first-order valence-electron chi connectivity index (χ1n) is 5.97. The van der Waals surface area contributed by atoms with Crippen molar-refractivity contribution in [2.75, 3.05) is 5.75 Å². The van der Waals surface area contributed by atoms with Crippen LogP contribution in [0.1, 0.15) is 5.69 Å². The van der Waals surface area contributed by atoms with Gasteiger partial charge in [0.25, 0.3) is 5.91 Å². The van der Waals surface area contributed by atoms with Crippen LogP contribution in [-0.2, 0) is 16.1 Å². The average molecular weight is 306 g/mol. The minimum atomic E-state index is -1.32. The molecule has 0 aromatic carbocycles. The number of β-lactam (4-membered cyclic amide) rings is 1. The summed E-state index contributed by atoms with van der Waals surface area (Å²) >= 11 is 3.00. The van der Waals surface area contributed by atoms with Crippen molar-refractivity contribution in [3.05, 3.63) is 28.6 Å². The summed E-state index contributed by atoms with van der Waals surface area (Å²) in [6.45, 7) is 0.935. The van der Waals surface area contributed by atoms with Crippen LogP contribution in [0.4, 0.5) is 0 Å². The molecule has 3 aliphatic rings. The summed E-state index contributed by atoms with van der Waals surface area (Å²) in [5, 5.41) is 13.0. The first-order chi connectivity index (χ1) is 9.65. The Morgan fingerprint density at radius 3 is 3.15 bits per heavy atom. The molecule has 1 saturated heterocycles. The van der Waals surface area contributed by atoms with E-state index >= 15 is 0 Å². The number of aromatic nitrogens is 2. The van der Waals surface area contributed by atoms with Crippen LogP contribution in [0.5, 0.6) is 0 Å². The van der Waals surface area contributed by atoms with E-state index in [2.05, 4.69) is 9.55 Å². The predicted octanol–water partition coefficient (Wildman–Crippen LogP) is -0.121. The van der Waals surface area contributed by atoms with Crippen molar-refractivity contribution in [2.24, 2.45) is 0 Å². The topological polar surface area (TPSA) is 78.3 Å². The maximum atomic E-state index is 12.0. The number of carboxylic acid groups (broad SMARTS) is 1. The molecule has 1 amide bonds. The number of carbonyl (C=O) groups excluding carboxylic acids is 2. The molecular weight excluding hydrogens is 298 g/mol. The standard InChI is InChI=1S/C12H9N3O3S2/c16-9-7(10-15(9)8(5-20-10)11(17)18)3-6-4-14-1-2-19-12(14)13-6/h3-5,10H,1-2H2,(H,17,18)/p-1/b7-3-/t10-/m1/s1. The summed E-state index contributed by atoms with van der Waals surface area (Å²) in [5.41, 5.74) is 1.28. The second kappa shape index (κ2) is 4.16. The average Bonchev–Trinajstić information content (AvgIpc) is 3.07. The zero-order valence-electron chi connectivity index (χ0n) is 10.1. The summed E-state index contributed by atoms with van der Waals surface area (Å²) in [6.07, 6.45) is 3.67. The Hall–Kier alpha value is -1.67. The van der Waals surface area contributed by atoms with Gasteiger partial charge in [-0.15, -0.1) is 11.8 Å². The van der Waals surface area contributed by atoms with Gasteiger partial charge in [0.15, 0.2) is 5.16 Å². The van der Waals surface area contributed by atoms with Gasteiger partial charge in [-0.2, -0.15) is 0 Å². The van der Waals surface area contributed by atoms with Crippen LogP contribution < -0.4 is 5.11 Å². The van der Waals surface area contributed by atoms with Gasteiger partial charge in [0.1, 0.15) is 5.37 Å². The Morgan fingerprint density at radius 1 is 1.55 bits per heavy atom. The Labute approximate surface area is 122 Å². The number of carbonyl (C=O) groups is 2. The van der Waals surface area contributed by atoms with Crippen molar-refractivity contribution in [3.63, 3.8) is 0 Å². The lowest BCUT2D eigenvalue weighted by Crippen LogP contribution is -2.52. The van der Waals surface area contributed by atoms with Gasteiger partial charge in [0.2, 0.25) is 0 Å². The lowest BCUT2D eigenvalue weighted by Gasteiger charge is -2.38. The zero-order chi connectivity index (χ0) is 13.9. The molecule has 6 nitrogen and oxygen atoms in total. The first-order valence-corrected chi connectivity index (χ1v) is 7.90. The number of aryl methyl sites for hydroxylation is 1. The highest BCUT2D eigenvalue weighted by Crippen LogP contribution is 2.44. The number of imidazole rings is 1. The van der Waals surface area contributed by atoms with E-state index in [1.807, 2.05) is 6.20 Å². The largest absolute Gasteiger partial charge is 0.543 e. The van der Waals surface area contributed by atoms with E-state index in [1.165, 1.54) is 22.1 Å². The monoisotopic (exact) mass is 306 g/mol. The van der Waals surface area contributed by atoms with Crippen LogP contribution >= 0.6 is 23.5 Å². The molecule has 0 bridgehead atoms. The lowest BCUT2D eigenvalue weighted by molar-refractivity contribution is -0.301. The van der Waals surface area contributed by atoms with E-state index in [-0.39, 0.29) is 17.0 Å².